The Hall–Kier alpha value is -1.21. The Kier molecular flexibility index (Phi) is 6.17. The van der Waals surface area contributed by atoms with Crippen LogP contribution in [0.3, 0.4) is 0 Å². The van der Waals surface area contributed by atoms with Crippen molar-refractivity contribution in [3.63, 3.8) is 0 Å². The minimum Gasteiger partial charge on any atom is -0.351 e. The van der Waals surface area contributed by atoms with E-state index in [9.17, 15) is 13.2 Å². The highest BCUT2D eigenvalue weighted by Gasteiger charge is 2.18. The van der Waals surface area contributed by atoms with E-state index in [2.05, 4.69) is 16.9 Å². The second-order valence-electron chi connectivity index (χ2n) is 3.93. The third-order valence-corrected chi connectivity index (χ3v) is 5.68. The van der Waals surface area contributed by atoms with Crippen molar-refractivity contribution in [1.82, 2.24) is 10.3 Å². The van der Waals surface area contributed by atoms with Gasteiger partial charge >= 0.3 is 0 Å². The van der Waals surface area contributed by atoms with Crippen LogP contribution in [0.25, 0.3) is 0 Å². The van der Waals surface area contributed by atoms with Gasteiger partial charge in [0.1, 0.15) is 4.88 Å². The van der Waals surface area contributed by atoms with E-state index in [4.69, 9.17) is 0 Å². The summed E-state index contributed by atoms with van der Waals surface area (Å²) < 4.78 is 23.2. The summed E-state index contributed by atoms with van der Waals surface area (Å²) in [6.07, 6.45) is 5.92. The molecule has 1 heterocycles. The molecule has 0 spiro atoms. The van der Waals surface area contributed by atoms with Crippen molar-refractivity contribution in [1.29, 1.82) is 0 Å². The lowest BCUT2D eigenvalue weighted by molar-refractivity contribution is 0.0957. The highest BCUT2D eigenvalue weighted by molar-refractivity contribution is 7.93. The number of hydrogen-bond acceptors (Lipinski definition) is 5. The predicted molar refractivity (Wildman–Crippen MR) is 76.2 cm³/mol. The number of nitrogens with one attached hydrogen (secondary N) is 1. The molecule has 0 atom stereocenters. The number of rotatable bonds is 8. The summed E-state index contributed by atoms with van der Waals surface area (Å²) in [7, 11) is -3.33. The molecule has 0 aliphatic carbocycles. The SMILES string of the molecule is C=CCCCCNC(=O)c1cnc(S(=O)(=O)CC)s1. The lowest BCUT2D eigenvalue weighted by Gasteiger charge is -2.01. The molecule has 0 fully saturated rings. The molecule has 19 heavy (non-hydrogen) atoms. The number of amides is 1. The Morgan fingerprint density at radius 3 is 2.89 bits per heavy atom. The molecule has 0 aromatic carbocycles. The minimum atomic E-state index is -3.33. The van der Waals surface area contributed by atoms with Gasteiger partial charge in [0.15, 0.2) is 0 Å². The van der Waals surface area contributed by atoms with E-state index in [1.165, 1.54) is 6.20 Å². The Bertz CT molecular complexity index is 535. The first kappa shape index (κ1) is 15.8. The topological polar surface area (TPSA) is 76.1 Å². The summed E-state index contributed by atoms with van der Waals surface area (Å²) >= 11 is 0.914. The van der Waals surface area contributed by atoms with Crippen LogP contribution in [0.1, 0.15) is 35.9 Å². The molecule has 0 aliphatic rings. The predicted octanol–water partition coefficient (Wildman–Crippen LogP) is 2.02. The zero-order valence-electron chi connectivity index (χ0n) is 10.9. The van der Waals surface area contributed by atoms with Gasteiger partial charge in [0.05, 0.1) is 11.9 Å². The van der Waals surface area contributed by atoms with Gasteiger partial charge in [-0.2, -0.15) is 0 Å². The van der Waals surface area contributed by atoms with E-state index in [1.807, 2.05) is 6.08 Å². The fourth-order valence-electron chi connectivity index (χ4n) is 1.33. The van der Waals surface area contributed by atoms with E-state index >= 15 is 0 Å². The van der Waals surface area contributed by atoms with Crippen LogP contribution in [0.2, 0.25) is 0 Å². The number of allylic oxidation sites excluding steroid dienone is 1. The molecule has 106 valence electrons. The first-order chi connectivity index (χ1) is 9.01. The van der Waals surface area contributed by atoms with Crippen molar-refractivity contribution in [2.24, 2.45) is 0 Å². The van der Waals surface area contributed by atoms with Crippen LogP contribution in [0.15, 0.2) is 23.2 Å². The summed E-state index contributed by atoms with van der Waals surface area (Å²) in [5.74, 6) is -0.281. The van der Waals surface area contributed by atoms with Crippen LogP contribution in [-0.4, -0.2) is 31.6 Å². The molecule has 1 rings (SSSR count). The summed E-state index contributed by atoms with van der Waals surface area (Å²) in [6.45, 7) is 5.75. The smallest absolute Gasteiger partial charge is 0.263 e. The van der Waals surface area contributed by atoms with E-state index < -0.39 is 9.84 Å². The molecule has 0 saturated carbocycles. The monoisotopic (exact) mass is 302 g/mol. The van der Waals surface area contributed by atoms with Gasteiger partial charge in [-0.1, -0.05) is 24.3 Å². The number of hydrogen-bond donors (Lipinski definition) is 1. The van der Waals surface area contributed by atoms with Crippen molar-refractivity contribution >= 4 is 27.1 Å². The van der Waals surface area contributed by atoms with Crippen molar-refractivity contribution in [2.75, 3.05) is 12.3 Å². The number of carbonyl (C=O) groups excluding carboxylic acids is 1. The number of carbonyl (C=O) groups is 1. The molecule has 7 heteroatoms. The van der Waals surface area contributed by atoms with Gasteiger partial charge in [-0.25, -0.2) is 13.4 Å². The summed E-state index contributed by atoms with van der Waals surface area (Å²) in [5, 5.41) is 2.74. The van der Waals surface area contributed by atoms with E-state index in [1.54, 1.807) is 6.92 Å². The molecule has 0 aliphatic heterocycles. The molecular formula is C12H18N2O3S2. The molecular weight excluding hydrogens is 284 g/mol. The number of unbranched alkanes of at least 4 members (excludes halogenated alkanes) is 2. The quantitative estimate of drug-likeness (QED) is 0.589. The lowest BCUT2D eigenvalue weighted by Crippen LogP contribution is -2.23. The maximum Gasteiger partial charge on any atom is 0.263 e. The largest absolute Gasteiger partial charge is 0.351 e. The third kappa shape index (κ3) is 4.76. The van der Waals surface area contributed by atoms with Crippen LogP contribution in [0.5, 0.6) is 0 Å². The first-order valence-electron chi connectivity index (χ1n) is 6.09. The standard InChI is InChI=1S/C12H18N2O3S2/c1-3-5-6-7-8-13-11(15)10-9-14-12(18-10)19(16,17)4-2/h3,9H,1,4-8H2,2H3,(H,13,15). The molecule has 0 saturated heterocycles. The van der Waals surface area contributed by atoms with Gasteiger partial charge in [0.25, 0.3) is 5.91 Å². The van der Waals surface area contributed by atoms with Crippen molar-refractivity contribution in [3.8, 4) is 0 Å². The summed E-state index contributed by atoms with van der Waals surface area (Å²) in [5.41, 5.74) is 0. The van der Waals surface area contributed by atoms with Crippen molar-refractivity contribution in [2.45, 2.75) is 30.5 Å². The second kappa shape index (κ2) is 7.40. The first-order valence-corrected chi connectivity index (χ1v) is 8.55. The van der Waals surface area contributed by atoms with Gasteiger partial charge in [-0.15, -0.1) is 6.58 Å². The molecule has 0 bridgehead atoms. The van der Waals surface area contributed by atoms with Crippen LogP contribution in [0.4, 0.5) is 0 Å². The number of aromatic nitrogens is 1. The highest BCUT2D eigenvalue weighted by atomic mass is 32.2. The molecule has 0 radical (unpaired) electrons. The number of sulfone groups is 1. The lowest BCUT2D eigenvalue weighted by atomic mass is 10.2. The van der Waals surface area contributed by atoms with Crippen LogP contribution < -0.4 is 5.32 Å². The number of thiazole rings is 1. The minimum absolute atomic E-state index is 0.00630. The summed E-state index contributed by atoms with van der Waals surface area (Å²) in [4.78, 5) is 15.9. The van der Waals surface area contributed by atoms with E-state index in [0.717, 1.165) is 30.6 Å². The Morgan fingerprint density at radius 2 is 2.26 bits per heavy atom. The molecule has 5 nitrogen and oxygen atoms in total. The second-order valence-corrected chi connectivity index (χ2v) is 7.42. The van der Waals surface area contributed by atoms with Gasteiger partial charge in [-0.05, 0) is 19.3 Å². The normalized spacial score (nSPS) is 11.2. The van der Waals surface area contributed by atoms with Gasteiger partial charge in [-0.3, -0.25) is 4.79 Å². The molecule has 1 N–H and O–H groups in total. The van der Waals surface area contributed by atoms with Crippen molar-refractivity contribution < 1.29 is 13.2 Å². The highest BCUT2D eigenvalue weighted by Crippen LogP contribution is 2.19. The third-order valence-electron chi connectivity index (χ3n) is 2.47. The molecule has 1 amide bonds. The van der Waals surface area contributed by atoms with Gasteiger partial charge in [0.2, 0.25) is 14.2 Å². The zero-order chi connectivity index (χ0) is 14.3. The zero-order valence-corrected chi connectivity index (χ0v) is 12.5. The van der Waals surface area contributed by atoms with Gasteiger partial charge in [0, 0.05) is 6.54 Å². The Labute approximate surface area is 117 Å². The van der Waals surface area contributed by atoms with Crippen LogP contribution >= 0.6 is 11.3 Å². The molecule has 0 unspecified atom stereocenters. The Balaban J connectivity index is 2.52. The van der Waals surface area contributed by atoms with E-state index in [0.29, 0.717) is 11.4 Å². The summed E-state index contributed by atoms with van der Waals surface area (Å²) in [6, 6.07) is 0. The average molecular weight is 302 g/mol. The fraction of sp³-hybridized carbons (Fsp3) is 0.500. The van der Waals surface area contributed by atoms with Crippen LogP contribution in [-0.2, 0) is 9.84 Å². The molecule has 1 aromatic heterocycles. The van der Waals surface area contributed by atoms with Crippen LogP contribution in [0, 0.1) is 0 Å². The van der Waals surface area contributed by atoms with Gasteiger partial charge < -0.3 is 5.32 Å². The Morgan fingerprint density at radius 1 is 1.53 bits per heavy atom. The van der Waals surface area contributed by atoms with Crippen molar-refractivity contribution in [3.05, 3.63) is 23.7 Å². The van der Waals surface area contributed by atoms with E-state index in [-0.39, 0.29) is 16.0 Å². The maximum absolute atomic E-state index is 11.8. The number of nitrogens with zero attached hydrogens (tertiary/aromatic N) is 1. The average Bonchev–Trinajstić information content (AvgIpc) is 2.88. The maximum atomic E-state index is 11.8. The molecule has 1 aromatic rings. The fourth-order valence-corrected chi connectivity index (χ4v) is 3.49.